The molecule has 6 heteroatoms. The van der Waals surface area contributed by atoms with Gasteiger partial charge in [0.1, 0.15) is 0 Å². The predicted molar refractivity (Wildman–Crippen MR) is 85.5 cm³/mol. The molecule has 1 amide bonds. The van der Waals surface area contributed by atoms with Crippen LogP contribution in [-0.4, -0.2) is 44.5 Å². The molecule has 2 aliphatic rings. The SMILES string of the molecule is CCC1(C)CN(C(=O)C2(c3cccc(-c4nn[nH]n4)c3)CC2)C1. The summed E-state index contributed by atoms with van der Waals surface area (Å²) in [4.78, 5) is 15.0. The summed E-state index contributed by atoms with van der Waals surface area (Å²) in [5, 5.41) is 14.1. The topological polar surface area (TPSA) is 74.8 Å². The lowest BCUT2D eigenvalue weighted by atomic mass is 9.78. The maximum absolute atomic E-state index is 13.0. The van der Waals surface area contributed by atoms with E-state index in [1.165, 1.54) is 0 Å². The Labute approximate surface area is 135 Å². The van der Waals surface area contributed by atoms with Gasteiger partial charge in [0.15, 0.2) is 0 Å². The molecular formula is C17H21N5O. The molecule has 0 atom stereocenters. The molecule has 0 spiro atoms. The minimum Gasteiger partial charge on any atom is -0.341 e. The monoisotopic (exact) mass is 311 g/mol. The van der Waals surface area contributed by atoms with Crippen molar-refractivity contribution < 1.29 is 4.79 Å². The second-order valence-electron chi connectivity index (χ2n) is 7.22. The Bertz CT molecular complexity index is 729. The molecular weight excluding hydrogens is 290 g/mol. The van der Waals surface area contributed by atoms with Crippen molar-refractivity contribution >= 4 is 5.91 Å². The van der Waals surface area contributed by atoms with Crippen molar-refractivity contribution in [1.82, 2.24) is 25.5 Å². The molecule has 120 valence electrons. The van der Waals surface area contributed by atoms with Gasteiger partial charge in [-0.05, 0) is 36.1 Å². The number of tetrazole rings is 1. The molecule has 1 aliphatic carbocycles. The summed E-state index contributed by atoms with van der Waals surface area (Å²) in [6.07, 6.45) is 2.98. The molecule has 1 saturated heterocycles. The predicted octanol–water partition coefficient (Wildman–Crippen LogP) is 2.16. The fourth-order valence-corrected chi connectivity index (χ4v) is 3.54. The Morgan fingerprint density at radius 1 is 1.35 bits per heavy atom. The highest BCUT2D eigenvalue weighted by molar-refractivity contribution is 5.92. The first-order valence-electron chi connectivity index (χ1n) is 8.20. The number of H-pyrrole nitrogens is 1. The highest BCUT2D eigenvalue weighted by Crippen LogP contribution is 2.51. The number of benzene rings is 1. The number of aromatic amines is 1. The number of likely N-dealkylation sites (tertiary alicyclic amines) is 1. The zero-order chi connectivity index (χ0) is 16.1. The van der Waals surface area contributed by atoms with E-state index in [0.717, 1.165) is 43.5 Å². The van der Waals surface area contributed by atoms with Crippen LogP contribution in [0, 0.1) is 5.41 Å². The summed E-state index contributed by atoms with van der Waals surface area (Å²) in [5.41, 5.74) is 1.96. The molecule has 0 bridgehead atoms. The third-order valence-corrected chi connectivity index (χ3v) is 5.46. The quantitative estimate of drug-likeness (QED) is 0.939. The van der Waals surface area contributed by atoms with E-state index in [-0.39, 0.29) is 11.3 Å². The number of aromatic nitrogens is 4. The number of amides is 1. The smallest absolute Gasteiger partial charge is 0.233 e. The number of carbonyl (C=O) groups excluding carboxylic acids is 1. The van der Waals surface area contributed by atoms with Crippen LogP contribution >= 0.6 is 0 Å². The molecule has 1 aromatic carbocycles. The van der Waals surface area contributed by atoms with Crippen LogP contribution in [0.3, 0.4) is 0 Å². The average Bonchev–Trinajstić information content (AvgIpc) is 3.18. The minimum atomic E-state index is -0.325. The van der Waals surface area contributed by atoms with E-state index in [4.69, 9.17) is 0 Å². The van der Waals surface area contributed by atoms with Crippen molar-refractivity contribution in [2.45, 2.75) is 38.5 Å². The summed E-state index contributed by atoms with van der Waals surface area (Å²) in [7, 11) is 0. The first-order valence-corrected chi connectivity index (χ1v) is 8.20. The van der Waals surface area contributed by atoms with Crippen molar-refractivity contribution in [3.63, 3.8) is 0 Å². The summed E-state index contributed by atoms with van der Waals surface area (Å²) < 4.78 is 0. The maximum Gasteiger partial charge on any atom is 0.233 e. The molecule has 2 fully saturated rings. The van der Waals surface area contributed by atoms with Gasteiger partial charge in [0.05, 0.1) is 5.41 Å². The summed E-state index contributed by atoms with van der Waals surface area (Å²) in [5.74, 6) is 0.853. The fraction of sp³-hybridized carbons (Fsp3) is 0.529. The van der Waals surface area contributed by atoms with Crippen LogP contribution in [0.15, 0.2) is 24.3 Å². The van der Waals surface area contributed by atoms with Gasteiger partial charge in [0.25, 0.3) is 0 Å². The first-order chi connectivity index (χ1) is 11.1. The fourth-order valence-electron chi connectivity index (χ4n) is 3.54. The van der Waals surface area contributed by atoms with Crippen LogP contribution in [0.25, 0.3) is 11.4 Å². The molecule has 1 N–H and O–H groups in total. The lowest BCUT2D eigenvalue weighted by Gasteiger charge is -2.49. The van der Waals surface area contributed by atoms with Crippen LogP contribution < -0.4 is 0 Å². The second-order valence-corrected chi connectivity index (χ2v) is 7.22. The molecule has 2 heterocycles. The second kappa shape index (κ2) is 4.88. The van der Waals surface area contributed by atoms with Crippen LogP contribution in [0.2, 0.25) is 0 Å². The van der Waals surface area contributed by atoms with E-state index in [2.05, 4.69) is 34.5 Å². The normalized spacial score (nSPS) is 20.9. The Kier molecular flexibility index (Phi) is 3.04. The van der Waals surface area contributed by atoms with E-state index < -0.39 is 0 Å². The van der Waals surface area contributed by atoms with Gasteiger partial charge in [-0.15, -0.1) is 10.2 Å². The van der Waals surface area contributed by atoms with Gasteiger partial charge in [0.2, 0.25) is 11.7 Å². The molecule has 0 unspecified atom stereocenters. The average molecular weight is 311 g/mol. The number of rotatable bonds is 4. The summed E-state index contributed by atoms with van der Waals surface area (Å²) in [6.45, 7) is 6.22. The Balaban J connectivity index is 1.58. The van der Waals surface area contributed by atoms with Crippen LogP contribution in [0.1, 0.15) is 38.7 Å². The van der Waals surface area contributed by atoms with E-state index >= 15 is 0 Å². The Hall–Kier alpha value is -2.24. The summed E-state index contributed by atoms with van der Waals surface area (Å²) >= 11 is 0. The molecule has 2 aromatic rings. The molecule has 0 radical (unpaired) electrons. The largest absolute Gasteiger partial charge is 0.341 e. The van der Waals surface area contributed by atoms with Crippen molar-refractivity contribution in [2.24, 2.45) is 5.41 Å². The minimum absolute atomic E-state index is 0.286. The van der Waals surface area contributed by atoms with E-state index in [9.17, 15) is 4.79 Å². The highest BCUT2D eigenvalue weighted by Gasteiger charge is 2.56. The lowest BCUT2D eigenvalue weighted by Crippen LogP contribution is -2.59. The maximum atomic E-state index is 13.0. The number of nitrogens with zero attached hydrogens (tertiary/aromatic N) is 4. The lowest BCUT2D eigenvalue weighted by molar-refractivity contribution is -0.145. The van der Waals surface area contributed by atoms with Gasteiger partial charge < -0.3 is 4.90 Å². The zero-order valence-electron chi connectivity index (χ0n) is 13.5. The van der Waals surface area contributed by atoms with Gasteiger partial charge >= 0.3 is 0 Å². The molecule has 6 nitrogen and oxygen atoms in total. The molecule has 1 saturated carbocycles. The van der Waals surface area contributed by atoms with Crippen LogP contribution in [0.4, 0.5) is 0 Å². The van der Waals surface area contributed by atoms with Crippen molar-refractivity contribution in [2.75, 3.05) is 13.1 Å². The number of hydrogen-bond donors (Lipinski definition) is 1. The van der Waals surface area contributed by atoms with Gasteiger partial charge in [-0.2, -0.15) is 5.21 Å². The first kappa shape index (κ1) is 14.4. The number of carbonyl (C=O) groups is 1. The van der Waals surface area contributed by atoms with Crippen LogP contribution in [0.5, 0.6) is 0 Å². The molecule has 1 aromatic heterocycles. The number of nitrogens with one attached hydrogen (secondary N) is 1. The van der Waals surface area contributed by atoms with Crippen molar-refractivity contribution in [3.8, 4) is 11.4 Å². The van der Waals surface area contributed by atoms with E-state index in [1.54, 1.807) is 0 Å². The molecule has 23 heavy (non-hydrogen) atoms. The van der Waals surface area contributed by atoms with Crippen molar-refractivity contribution in [1.29, 1.82) is 0 Å². The number of hydrogen-bond acceptors (Lipinski definition) is 4. The van der Waals surface area contributed by atoms with Gasteiger partial charge in [-0.3, -0.25) is 4.79 Å². The van der Waals surface area contributed by atoms with Gasteiger partial charge in [0, 0.05) is 24.1 Å². The van der Waals surface area contributed by atoms with Gasteiger partial charge in [-0.1, -0.05) is 32.0 Å². The zero-order valence-corrected chi connectivity index (χ0v) is 13.5. The third kappa shape index (κ3) is 2.24. The standard InChI is InChI=1S/C17H21N5O/c1-3-16(2)10-22(11-16)15(23)17(7-8-17)13-6-4-5-12(9-13)14-18-20-21-19-14/h4-6,9H,3,7-8,10-11H2,1-2H3,(H,18,19,20,21). The third-order valence-electron chi connectivity index (χ3n) is 5.46. The van der Waals surface area contributed by atoms with Gasteiger partial charge in [-0.25, -0.2) is 0 Å². The van der Waals surface area contributed by atoms with Crippen molar-refractivity contribution in [3.05, 3.63) is 29.8 Å². The van der Waals surface area contributed by atoms with E-state index in [0.29, 0.717) is 11.2 Å². The Morgan fingerprint density at radius 2 is 2.13 bits per heavy atom. The Morgan fingerprint density at radius 3 is 2.74 bits per heavy atom. The summed E-state index contributed by atoms with van der Waals surface area (Å²) in [6, 6.07) is 8.01. The van der Waals surface area contributed by atoms with E-state index in [1.807, 2.05) is 29.2 Å². The van der Waals surface area contributed by atoms with Crippen LogP contribution in [-0.2, 0) is 10.2 Å². The molecule has 1 aliphatic heterocycles. The molecule has 4 rings (SSSR count). The highest BCUT2D eigenvalue weighted by atomic mass is 16.2.